The van der Waals surface area contributed by atoms with Crippen molar-refractivity contribution in [3.05, 3.63) is 12.2 Å². The van der Waals surface area contributed by atoms with Crippen LogP contribution in [0.3, 0.4) is 0 Å². The van der Waals surface area contributed by atoms with Gasteiger partial charge in [-0.15, -0.1) is 0 Å². The van der Waals surface area contributed by atoms with E-state index < -0.39 is 0 Å². The van der Waals surface area contributed by atoms with Crippen molar-refractivity contribution in [2.45, 2.75) is 19.3 Å². The molecule has 0 aromatic heterocycles. The van der Waals surface area contributed by atoms with Crippen LogP contribution in [0.1, 0.15) is 19.3 Å². The molecule has 0 aliphatic heterocycles. The van der Waals surface area contributed by atoms with Crippen LogP contribution in [0.5, 0.6) is 0 Å². The fraction of sp³-hybridized carbons (Fsp3) is 0.636. The lowest BCUT2D eigenvalue weighted by molar-refractivity contribution is 0.329. The van der Waals surface area contributed by atoms with Gasteiger partial charge in [0.25, 0.3) is 0 Å². The first-order valence-electron chi connectivity index (χ1n) is 4.84. The fourth-order valence-corrected chi connectivity index (χ4v) is 2.55. The van der Waals surface area contributed by atoms with Crippen molar-refractivity contribution in [1.29, 1.82) is 10.5 Å². The van der Waals surface area contributed by atoms with Crippen LogP contribution in [0, 0.1) is 46.3 Å². The van der Waals surface area contributed by atoms with Crippen molar-refractivity contribution in [2.75, 3.05) is 0 Å². The van der Waals surface area contributed by atoms with E-state index in [1.54, 1.807) is 0 Å². The molecule has 0 unspecified atom stereocenters. The van der Waals surface area contributed by atoms with Gasteiger partial charge in [0.05, 0.1) is 24.0 Å². The first kappa shape index (κ1) is 8.32. The molecule has 66 valence electrons. The second kappa shape index (κ2) is 3.23. The Hall–Kier alpha value is -1.28. The summed E-state index contributed by atoms with van der Waals surface area (Å²) in [5, 5.41) is 18.0. The normalized spacial score (nSPS) is 42.0. The van der Waals surface area contributed by atoms with Crippen molar-refractivity contribution in [3.8, 4) is 12.1 Å². The van der Waals surface area contributed by atoms with Gasteiger partial charge in [0.1, 0.15) is 0 Å². The van der Waals surface area contributed by atoms with Gasteiger partial charge >= 0.3 is 0 Å². The molecular weight excluding hydrogens is 160 g/mol. The molecule has 2 bridgehead atoms. The van der Waals surface area contributed by atoms with E-state index >= 15 is 0 Å². The molecule has 0 aromatic carbocycles. The molecule has 0 radical (unpaired) electrons. The summed E-state index contributed by atoms with van der Waals surface area (Å²) in [5.74, 6) is 0.576. The summed E-state index contributed by atoms with van der Waals surface area (Å²) in [6, 6.07) is 4.61. The molecule has 0 heterocycles. The number of nitriles is 2. The number of rotatable bonds is 0. The topological polar surface area (TPSA) is 47.6 Å². The monoisotopic (exact) mass is 172 g/mol. The lowest BCUT2D eigenvalue weighted by atomic mass is 9.73. The van der Waals surface area contributed by atoms with Crippen LogP contribution >= 0.6 is 0 Å². The van der Waals surface area contributed by atoms with Gasteiger partial charge in [0, 0.05) is 0 Å². The summed E-state index contributed by atoms with van der Waals surface area (Å²) in [7, 11) is 0. The van der Waals surface area contributed by atoms with Crippen LogP contribution in [0.25, 0.3) is 0 Å². The Morgan fingerprint density at radius 3 is 1.77 bits per heavy atom. The van der Waals surface area contributed by atoms with Crippen LogP contribution < -0.4 is 0 Å². The maximum atomic E-state index is 9.00. The van der Waals surface area contributed by atoms with Gasteiger partial charge < -0.3 is 0 Å². The van der Waals surface area contributed by atoms with E-state index in [0.717, 1.165) is 12.8 Å². The minimum absolute atomic E-state index is 0.0532. The van der Waals surface area contributed by atoms with Crippen LogP contribution in [-0.2, 0) is 0 Å². The fourth-order valence-electron chi connectivity index (χ4n) is 2.55. The van der Waals surface area contributed by atoms with Gasteiger partial charge in [-0.1, -0.05) is 18.6 Å². The second-order valence-corrected chi connectivity index (χ2v) is 3.95. The predicted molar refractivity (Wildman–Crippen MR) is 48.2 cm³/mol. The van der Waals surface area contributed by atoms with Crippen molar-refractivity contribution >= 4 is 0 Å². The minimum Gasteiger partial charge on any atom is -0.198 e. The van der Waals surface area contributed by atoms with Crippen molar-refractivity contribution in [2.24, 2.45) is 23.7 Å². The standard InChI is InChI=1S/C11H12N2/c12-6-10-8-2-1-3-9(5-4-8)11(10)7-13/h4-5,8-11H,1-3H2/t8-,9+,10-,11+. The van der Waals surface area contributed by atoms with Gasteiger partial charge in [-0.25, -0.2) is 0 Å². The average Bonchev–Trinajstić information content (AvgIpc) is 2.49. The molecule has 1 fully saturated rings. The highest BCUT2D eigenvalue weighted by molar-refractivity contribution is 5.17. The van der Waals surface area contributed by atoms with Crippen LogP contribution in [-0.4, -0.2) is 0 Å². The third-order valence-corrected chi connectivity index (χ3v) is 3.29. The molecule has 0 amide bonds. The number of allylic oxidation sites excluding steroid dienone is 2. The molecule has 2 heteroatoms. The highest BCUT2D eigenvalue weighted by atomic mass is 14.4. The number of fused-ring (bicyclic) bond motifs is 3. The van der Waals surface area contributed by atoms with Crippen molar-refractivity contribution in [1.82, 2.24) is 0 Å². The molecule has 4 atom stereocenters. The summed E-state index contributed by atoms with van der Waals surface area (Å²) in [6.07, 6.45) is 7.64. The number of nitrogens with zero attached hydrogens (tertiary/aromatic N) is 2. The van der Waals surface area contributed by atoms with Crippen molar-refractivity contribution < 1.29 is 0 Å². The summed E-state index contributed by atoms with van der Waals surface area (Å²) in [6.45, 7) is 0. The third kappa shape index (κ3) is 1.23. The highest BCUT2D eigenvalue weighted by Gasteiger charge is 2.38. The molecule has 2 nitrogen and oxygen atoms in total. The Balaban J connectivity index is 2.34. The van der Waals surface area contributed by atoms with Gasteiger partial charge in [-0.3, -0.25) is 0 Å². The first-order chi connectivity index (χ1) is 6.36. The Morgan fingerprint density at radius 2 is 1.38 bits per heavy atom. The Bertz CT molecular complexity index is 275. The largest absolute Gasteiger partial charge is 0.198 e. The average molecular weight is 172 g/mol. The maximum Gasteiger partial charge on any atom is 0.0689 e. The molecule has 3 aliphatic rings. The molecule has 0 N–H and O–H groups in total. The molecule has 13 heavy (non-hydrogen) atoms. The van der Waals surface area contributed by atoms with Crippen LogP contribution in [0.4, 0.5) is 0 Å². The van der Waals surface area contributed by atoms with Gasteiger partial charge in [0.2, 0.25) is 0 Å². The summed E-state index contributed by atoms with van der Waals surface area (Å²) < 4.78 is 0. The van der Waals surface area contributed by atoms with Crippen LogP contribution in [0.2, 0.25) is 0 Å². The van der Waals surface area contributed by atoms with E-state index in [1.807, 2.05) is 0 Å². The minimum atomic E-state index is -0.0532. The Morgan fingerprint density at radius 1 is 0.923 bits per heavy atom. The SMILES string of the molecule is N#C[C@@H]1[C@H](C#N)[C@H]2C=C[C@@H]1CCC2. The van der Waals surface area contributed by atoms with E-state index in [4.69, 9.17) is 10.5 Å². The molecule has 0 spiro atoms. The number of hydrogen-bond donors (Lipinski definition) is 0. The summed E-state index contributed by atoms with van der Waals surface area (Å²) >= 11 is 0. The maximum absolute atomic E-state index is 9.00. The summed E-state index contributed by atoms with van der Waals surface area (Å²) in [5.41, 5.74) is 0. The zero-order valence-electron chi connectivity index (χ0n) is 7.48. The van der Waals surface area contributed by atoms with E-state index in [-0.39, 0.29) is 11.8 Å². The molecule has 1 saturated carbocycles. The van der Waals surface area contributed by atoms with Crippen molar-refractivity contribution in [3.63, 3.8) is 0 Å². The predicted octanol–water partition coefficient (Wildman–Crippen LogP) is 2.25. The molecule has 0 aromatic rings. The molecule has 0 saturated heterocycles. The van der Waals surface area contributed by atoms with Crippen LogP contribution in [0.15, 0.2) is 12.2 Å². The summed E-state index contributed by atoms with van der Waals surface area (Å²) in [4.78, 5) is 0. The smallest absolute Gasteiger partial charge is 0.0689 e. The van der Waals surface area contributed by atoms with E-state index in [1.165, 1.54) is 6.42 Å². The second-order valence-electron chi connectivity index (χ2n) is 3.95. The van der Waals surface area contributed by atoms with E-state index in [2.05, 4.69) is 24.3 Å². The van der Waals surface area contributed by atoms with Gasteiger partial charge in [0.15, 0.2) is 0 Å². The van der Waals surface area contributed by atoms with E-state index in [0.29, 0.717) is 11.8 Å². The zero-order chi connectivity index (χ0) is 9.26. The molecule has 3 aliphatic carbocycles. The lowest BCUT2D eigenvalue weighted by Gasteiger charge is -2.27. The van der Waals surface area contributed by atoms with Gasteiger partial charge in [-0.2, -0.15) is 10.5 Å². The molecule has 3 rings (SSSR count). The highest BCUT2D eigenvalue weighted by Crippen LogP contribution is 2.41. The van der Waals surface area contributed by atoms with E-state index in [9.17, 15) is 0 Å². The number of hydrogen-bond acceptors (Lipinski definition) is 2. The quantitative estimate of drug-likeness (QED) is 0.526. The Kier molecular flexibility index (Phi) is 2.07. The Labute approximate surface area is 78.5 Å². The lowest BCUT2D eigenvalue weighted by Crippen LogP contribution is -2.26. The zero-order valence-corrected chi connectivity index (χ0v) is 7.48. The van der Waals surface area contributed by atoms with Gasteiger partial charge in [-0.05, 0) is 24.7 Å². The molecular formula is C11H12N2. The third-order valence-electron chi connectivity index (χ3n) is 3.29. The first-order valence-corrected chi connectivity index (χ1v) is 4.84.